The lowest BCUT2D eigenvalue weighted by molar-refractivity contribution is 0.313. The number of aromatic nitrogens is 1. The predicted molar refractivity (Wildman–Crippen MR) is 114 cm³/mol. The molecule has 0 radical (unpaired) electrons. The molecule has 0 aliphatic carbocycles. The average Bonchev–Trinajstić information content (AvgIpc) is 2.99. The molecule has 148 valence electrons. The number of benzene rings is 2. The molecule has 2 aromatic carbocycles. The van der Waals surface area contributed by atoms with Crippen LogP contribution in [0.3, 0.4) is 0 Å². The fraction of sp³-hybridized carbons (Fsp3) is 0.318. The van der Waals surface area contributed by atoms with E-state index >= 15 is 0 Å². The second-order valence-corrected chi connectivity index (χ2v) is 8.47. The summed E-state index contributed by atoms with van der Waals surface area (Å²) in [6.45, 7) is 7.10. The Morgan fingerprint density at radius 2 is 1.86 bits per heavy atom. The van der Waals surface area contributed by atoms with Gasteiger partial charge in [0, 0.05) is 12.6 Å². The molecule has 0 fully saturated rings. The highest BCUT2D eigenvalue weighted by molar-refractivity contribution is 7.11. The molecule has 0 unspecified atom stereocenters. The van der Waals surface area contributed by atoms with E-state index in [1.54, 1.807) is 16.1 Å². The third-order valence-corrected chi connectivity index (χ3v) is 5.66. The standard InChI is InChI=1S/C22H25FN2O2S/c1-22(2,3)25-21(26)19(20(28-25)16-9-5-4-6-10-16)24-13-8-14-27-18-12-7-11-17(23)15-18/h4-7,9-12,15,24H,8,13-14H2,1-3H3. The van der Waals surface area contributed by atoms with Crippen LogP contribution in [0.25, 0.3) is 10.4 Å². The molecule has 4 nitrogen and oxygen atoms in total. The Bertz CT molecular complexity index is 974. The minimum atomic E-state index is -0.316. The fourth-order valence-electron chi connectivity index (χ4n) is 2.79. The summed E-state index contributed by atoms with van der Waals surface area (Å²) in [6, 6.07) is 16.0. The lowest BCUT2D eigenvalue weighted by atomic mass is 10.1. The summed E-state index contributed by atoms with van der Waals surface area (Å²) < 4.78 is 20.6. The zero-order valence-corrected chi connectivity index (χ0v) is 17.2. The molecule has 3 rings (SSSR count). The average molecular weight is 401 g/mol. The molecule has 0 saturated carbocycles. The lowest BCUT2D eigenvalue weighted by Crippen LogP contribution is -2.30. The normalized spacial score (nSPS) is 11.4. The SMILES string of the molecule is CC(C)(C)n1sc(-c2ccccc2)c(NCCCOc2cccc(F)c2)c1=O. The van der Waals surface area contributed by atoms with Crippen molar-refractivity contribution in [1.29, 1.82) is 0 Å². The molecule has 0 saturated heterocycles. The number of nitrogens with zero attached hydrogens (tertiary/aromatic N) is 1. The van der Waals surface area contributed by atoms with Crippen molar-refractivity contribution < 1.29 is 9.13 Å². The van der Waals surface area contributed by atoms with E-state index in [9.17, 15) is 9.18 Å². The van der Waals surface area contributed by atoms with Crippen molar-refractivity contribution in [2.24, 2.45) is 0 Å². The van der Waals surface area contributed by atoms with Crippen molar-refractivity contribution in [1.82, 2.24) is 3.96 Å². The Morgan fingerprint density at radius 3 is 2.54 bits per heavy atom. The Morgan fingerprint density at radius 1 is 1.11 bits per heavy atom. The molecule has 1 N–H and O–H groups in total. The van der Waals surface area contributed by atoms with Crippen molar-refractivity contribution in [2.45, 2.75) is 32.7 Å². The van der Waals surface area contributed by atoms with Gasteiger partial charge in [0.1, 0.15) is 17.3 Å². The number of halogens is 1. The predicted octanol–water partition coefficient (Wildman–Crippen LogP) is 5.35. The third kappa shape index (κ3) is 4.81. The van der Waals surface area contributed by atoms with E-state index in [1.807, 2.05) is 51.1 Å². The van der Waals surface area contributed by atoms with Crippen LogP contribution >= 0.6 is 11.5 Å². The van der Waals surface area contributed by atoms with Crippen LogP contribution in [0.2, 0.25) is 0 Å². The van der Waals surface area contributed by atoms with Crippen LogP contribution in [0.4, 0.5) is 10.1 Å². The van der Waals surface area contributed by atoms with Crippen LogP contribution in [0, 0.1) is 5.82 Å². The topological polar surface area (TPSA) is 43.3 Å². The van der Waals surface area contributed by atoms with Crippen LogP contribution in [-0.4, -0.2) is 17.1 Å². The van der Waals surface area contributed by atoms with E-state index < -0.39 is 0 Å². The van der Waals surface area contributed by atoms with E-state index in [4.69, 9.17) is 4.74 Å². The summed E-state index contributed by atoms with van der Waals surface area (Å²) in [7, 11) is 0. The smallest absolute Gasteiger partial charge is 0.285 e. The maximum Gasteiger partial charge on any atom is 0.285 e. The summed E-state index contributed by atoms with van der Waals surface area (Å²) in [5.41, 5.74) is 1.34. The Balaban J connectivity index is 1.70. The molecular weight excluding hydrogens is 375 g/mol. The molecule has 28 heavy (non-hydrogen) atoms. The van der Waals surface area contributed by atoms with Gasteiger partial charge in [-0.3, -0.25) is 8.75 Å². The molecule has 0 amide bonds. The van der Waals surface area contributed by atoms with Crippen LogP contribution in [0.5, 0.6) is 5.75 Å². The first-order valence-corrected chi connectivity index (χ1v) is 10.1. The van der Waals surface area contributed by atoms with E-state index in [-0.39, 0.29) is 16.9 Å². The number of hydrogen-bond donors (Lipinski definition) is 1. The van der Waals surface area contributed by atoms with E-state index in [0.29, 0.717) is 31.0 Å². The first-order valence-electron chi connectivity index (χ1n) is 9.31. The first-order chi connectivity index (χ1) is 13.4. The molecule has 1 heterocycles. The summed E-state index contributed by atoms with van der Waals surface area (Å²) >= 11 is 1.48. The number of anilines is 1. The van der Waals surface area contributed by atoms with Gasteiger partial charge in [0.2, 0.25) is 0 Å². The lowest BCUT2D eigenvalue weighted by Gasteiger charge is -2.18. The van der Waals surface area contributed by atoms with E-state index in [1.165, 1.54) is 23.7 Å². The number of ether oxygens (including phenoxy) is 1. The van der Waals surface area contributed by atoms with E-state index in [2.05, 4.69) is 5.32 Å². The summed E-state index contributed by atoms with van der Waals surface area (Å²) in [6.07, 6.45) is 0.690. The van der Waals surface area contributed by atoms with Gasteiger partial charge in [-0.05, 0) is 44.9 Å². The van der Waals surface area contributed by atoms with E-state index in [0.717, 1.165) is 10.4 Å². The zero-order chi connectivity index (χ0) is 20.1. The number of hydrogen-bond acceptors (Lipinski definition) is 4. The molecule has 0 bridgehead atoms. The quantitative estimate of drug-likeness (QED) is 0.544. The maximum absolute atomic E-state index is 13.2. The number of nitrogens with one attached hydrogen (secondary N) is 1. The van der Waals surface area contributed by atoms with Gasteiger partial charge < -0.3 is 10.1 Å². The van der Waals surface area contributed by atoms with Crippen molar-refractivity contribution >= 4 is 17.2 Å². The van der Waals surface area contributed by atoms with Crippen molar-refractivity contribution in [3.05, 3.63) is 70.8 Å². The van der Waals surface area contributed by atoms with Crippen LogP contribution in [0.1, 0.15) is 27.2 Å². The molecule has 3 aromatic rings. The molecule has 0 atom stereocenters. The van der Waals surface area contributed by atoms with Crippen LogP contribution in [-0.2, 0) is 5.54 Å². The highest BCUT2D eigenvalue weighted by Gasteiger charge is 2.23. The molecule has 0 aliphatic rings. The van der Waals surface area contributed by atoms with Gasteiger partial charge in [0.05, 0.1) is 17.0 Å². The summed E-state index contributed by atoms with van der Waals surface area (Å²) in [5, 5.41) is 3.29. The van der Waals surface area contributed by atoms with Gasteiger partial charge in [-0.1, -0.05) is 47.9 Å². The van der Waals surface area contributed by atoms with Crippen LogP contribution in [0.15, 0.2) is 59.4 Å². The fourth-order valence-corrected chi connectivity index (χ4v) is 3.92. The molecule has 6 heteroatoms. The Kier molecular flexibility index (Phi) is 6.19. The monoisotopic (exact) mass is 400 g/mol. The van der Waals surface area contributed by atoms with Gasteiger partial charge in [0.25, 0.3) is 5.56 Å². The Labute approximate surface area is 168 Å². The molecular formula is C22H25FN2O2S. The van der Waals surface area contributed by atoms with Gasteiger partial charge >= 0.3 is 0 Å². The summed E-state index contributed by atoms with van der Waals surface area (Å²) in [4.78, 5) is 13.9. The summed E-state index contributed by atoms with van der Waals surface area (Å²) in [5.74, 6) is 0.194. The van der Waals surface area contributed by atoms with Crippen molar-refractivity contribution in [3.63, 3.8) is 0 Å². The third-order valence-electron chi connectivity index (χ3n) is 4.14. The van der Waals surface area contributed by atoms with Crippen LogP contribution < -0.4 is 15.6 Å². The maximum atomic E-state index is 13.2. The van der Waals surface area contributed by atoms with Crippen molar-refractivity contribution in [2.75, 3.05) is 18.5 Å². The molecule has 1 aromatic heterocycles. The Hall–Kier alpha value is -2.60. The second kappa shape index (κ2) is 8.61. The molecule has 0 spiro atoms. The first kappa shape index (κ1) is 20.1. The minimum absolute atomic E-state index is 0.0117. The van der Waals surface area contributed by atoms with Gasteiger partial charge in [0.15, 0.2) is 0 Å². The number of rotatable bonds is 7. The highest BCUT2D eigenvalue weighted by Crippen LogP contribution is 2.33. The van der Waals surface area contributed by atoms with Gasteiger partial charge in [-0.25, -0.2) is 4.39 Å². The van der Waals surface area contributed by atoms with Gasteiger partial charge in [-0.15, -0.1) is 0 Å². The highest BCUT2D eigenvalue weighted by atomic mass is 32.1. The zero-order valence-electron chi connectivity index (χ0n) is 16.4. The second-order valence-electron chi connectivity index (χ2n) is 7.52. The van der Waals surface area contributed by atoms with Crippen molar-refractivity contribution in [3.8, 4) is 16.2 Å². The molecule has 0 aliphatic heterocycles. The largest absolute Gasteiger partial charge is 0.493 e. The van der Waals surface area contributed by atoms with Gasteiger partial charge in [-0.2, -0.15) is 0 Å². The minimum Gasteiger partial charge on any atom is -0.493 e.